The number of anilines is 1. The normalized spacial score (nSPS) is 10.8. The van der Waals surface area contributed by atoms with Gasteiger partial charge in [-0.05, 0) is 18.1 Å². The van der Waals surface area contributed by atoms with Crippen LogP contribution >= 0.6 is 11.8 Å². The zero-order chi connectivity index (χ0) is 12.3. The SMILES string of the molecule is CC(C)c1c(N)ncnc1Sc1ccncc1. The number of nitrogens with zero attached hydrogens (tertiary/aromatic N) is 3. The lowest BCUT2D eigenvalue weighted by atomic mass is 10.1. The van der Waals surface area contributed by atoms with E-state index >= 15 is 0 Å². The Labute approximate surface area is 105 Å². The summed E-state index contributed by atoms with van der Waals surface area (Å²) in [5.74, 6) is 0.868. The lowest BCUT2D eigenvalue weighted by Crippen LogP contribution is -2.03. The Balaban J connectivity index is 2.36. The maximum atomic E-state index is 5.90. The van der Waals surface area contributed by atoms with Crippen LogP contribution in [0.15, 0.2) is 40.8 Å². The number of aromatic nitrogens is 3. The molecule has 2 N–H and O–H groups in total. The number of pyridine rings is 1. The number of nitrogen functional groups attached to an aromatic ring is 1. The van der Waals surface area contributed by atoms with Crippen molar-refractivity contribution in [3.05, 3.63) is 36.4 Å². The molecule has 0 aliphatic carbocycles. The average molecular weight is 246 g/mol. The van der Waals surface area contributed by atoms with Crippen molar-refractivity contribution in [2.75, 3.05) is 5.73 Å². The van der Waals surface area contributed by atoms with Gasteiger partial charge in [-0.2, -0.15) is 0 Å². The lowest BCUT2D eigenvalue weighted by Gasteiger charge is -2.12. The van der Waals surface area contributed by atoms with E-state index in [-0.39, 0.29) is 0 Å². The minimum atomic E-state index is 0.306. The van der Waals surface area contributed by atoms with Gasteiger partial charge in [0.1, 0.15) is 17.2 Å². The van der Waals surface area contributed by atoms with E-state index in [1.165, 1.54) is 6.33 Å². The van der Waals surface area contributed by atoms with Gasteiger partial charge in [0.15, 0.2) is 0 Å². The fraction of sp³-hybridized carbons (Fsp3) is 0.250. The third-order valence-corrected chi connectivity index (χ3v) is 3.35. The Bertz CT molecular complexity index is 499. The Morgan fingerprint density at radius 1 is 1.18 bits per heavy atom. The molecule has 0 fully saturated rings. The first-order valence-electron chi connectivity index (χ1n) is 5.36. The van der Waals surface area contributed by atoms with Crippen molar-refractivity contribution in [1.29, 1.82) is 0 Å². The molecule has 2 heterocycles. The second kappa shape index (κ2) is 5.14. The van der Waals surface area contributed by atoms with E-state index in [9.17, 15) is 0 Å². The molecule has 0 radical (unpaired) electrons. The van der Waals surface area contributed by atoms with E-state index in [2.05, 4.69) is 28.8 Å². The van der Waals surface area contributed by atoms with Gasteiger partial charge in [-0.15, -0.1) is 0 Å². The summed E-state index contributed by atoms with van der Waals surface area (Å²) in [6, 6.07) is 3.90. The molecule has 0 bridgehead atoms. The standard InChI is InChI=1S/C12H14N4S/c1-8(2)10-11(13)15-7-16-12(10)17-9-3-5-14-6-4-9/h3-8H,1-2H3,(H2,13,15,16). The molecule has 0 saturated carbocycles. The van der Waals surface area contributed by atoms with Crippen molar-refractivity contribution in [3.8, 4) is 0 Å². The van der Waals surface area contributed by atoms with Crippen LogP contribution in [0.3, 0.4) is 0 Å². The predicted octanol–water partition coefficient (Wildman–Crippen LogP) is 2.73. The van der Waals surface area contributed by atoms with Gasteiger partial charge in [-0.25, -0.2) is 9.97 Å². The van der Waals surface area contributed by atoms with Crippen molar-refractivity contribution < 1.29 is 0 Å². The van der Waals surface area contributed by atoms with Crippen LogP contribution in [0, 0.1) is 0 Å². The van der Waals surface area contributed by atoms with E-state index in [0.29, 0.717) is 11.7 Å². The molecule has 0 atom stereocenters. The molecule has 0 aliphatic rings. The van der Waals surface area contributed by atoms with Gasteiger partial charge in [0.25, 0.3) is 0 Å². The zero-order valence-corrected chi connectivity index (χ0v) is 10.6. The molecular weight excluding hydrogens is 232 g/mol. The quantitative estimate of drug-likeness (QED) is 0.843. The fourth-order valence-electron chi connectivity index (χ4n) is 1.53. The molecule has 17 heavy (non-hydrogen) atoms. The van der Waals surface area contributed by atoms with Crippen LogP contribution in [-0.4, -0.2) is 15.0 Å². The van der Waals surface area contributed by atoms with Gasteiger partial charge in [0, 0.05) is 22.9 Å². The first kappa shape index (κ1) is 11.9. The minimum Gasteiger partial charge on any atom is -0.383 e. The highest BCUT2D eigenvalue weighted by molar-refractivity contribution is 7.99. The van der Waals surface area contributed by atoms with Gasteiger partial charge in [-0.3, -0.25) is 4.98 Å². The Hall–Kier alpha value is -1.62. The average Bonchev–Trinajstić information content (AvgIpc) is 2.30. The van der Waals surface area contributed by atoms with Gasteiger partial charge in [-0.1, -0.05) is 25.6 Å². The third kappa shape index (κ3) is 2.74. The smallest absolute Gasteiger partial charge is 0.131 e. The van der Waals surface area contributed by atoms with Gasteiger partial charge in [0.2, 0.25) is 0 Å². The van der Waals surface area contributed by atoms with E-state index in [0.717, 1.165) is 15.5 Å². The molecule has 0 aromatic carbocycles. The van der Waals surface area contributed by atoms with E-state index in [4.69, 9.17) is 5.73 Å². The fourth-order valence-corrected chi connectivity index (χ4v) is 2.57. The van der Waals surface area contributed by atoms with Crippen LogP contribution < -0.4 is 5.73 Å². The highest BCUT2D eigenvalue weighted by Crippen LogP contribution is 2.33. The second-order valence-corrected chi connectivity index (χ2v) is 4.98. The van der Waals surface area contributed by atoms with E-state index < -0.39 is 0 Å². The molecule has 0 spiro atoms. The Morgan fingerprint density at radius 3 is 2.53 bits per heavy atom. The first-order chi connectivity index (χ1) is 8.18. The van der Waals surface area contributed by atoms with E-state index in [1.54, 1.807) is 24.2 Å². The third-order valence-electron chi connectivity index (χ3n) is 2.32. The van der Waals surface area contributed by atoms with Crippen LogP contribution in [-0.2, 0) is 0 Å². The van der Waals surface area contributed by atoms with Crippen LogP contribution in [0.5, 0.6) is 0 Å². The maximum absolute atomic E-state index is 5.90. The van der Waals surface area contributed by atoms with Crippen molar-refractivity contribution in [2.24, 2.45) is 0 Å². The van der Waals surface area contributed by atoms with Crippen LogP contribution in [0.4, 0.5) is 5.82 Å². The number of hydrogen-bond donors (Lipinski definition) is 1. The molecule has 2 aromatic rings. The molecule has 0 amide bonds. The highest BCUT2D eigenvalue weighted by Gasteiger charge is 2.13. The molecule has 2 rings (SSSR count). The minimum absolute atomic E-state index is 0.306. The van der Waals surface area contributed by atoms with E-state index in [1.807, 2.05) is 12.1 Å². The van der Waals surface area contributed by atoms with Crippen LogP contribution in [0.1, 0.15) is 25.3 Å². The van der Waals surface area contributed by atoms with Crippen molar-refractivity contribution in [2.45, 2.75) is 29.7 Å². The molecule has 88 valence electrons. The molecule has 0 unspecified atom stereocenters. The number of nitrogens with two attached hydrogens (primary N) is 1. The summed E-state index contributed by atoms with van der Waals surface area (Å²) in [5.41, 5.74) is 6.91. The summed E-state index contributed by atoms with van der Waals surface area (Å²) >= 11 is 1.59. The maximum Gasteiger partial charge on any atom is 0.131 e. The Morgan fingerprint density at radius 2 is 1.88 bits per heavy atom. The number of hydrogen-bond acceptors (Lipinski definition) is 5. The van der Waals surface area contributed by atoms with Gasteiger partial charge in [0.05, 0.1) is 0 Å². The summed E-state index contributed by atoms with van der Waals surface area (Å²) in [4.78, 5) is 13.4. The molecule has 2 aromatic heterocycles. The summed E-state index contributed by atoms with van der Waals surface area (Å²) in [6.45, 7) is 4.18. The summed E-state index contributed by atoms with van der Waals surface area (Å²) in [6.07, 6.45) is 5.04. The first-order valence-corrected chi connectivity index (χ1v) is 6.18. The molecule has 0 saturated heterocycles. The highest BCUT2D eigenvalue weighted by atomic mass is 32.2. The summed E-state index contributed by atoms with van der Waals surface area (Å²) in [5, 5.41) is 0.915. The van der Waals surface area contributed by atoms with Gasteiger partial charge >= 0.3 is 0 Å². The zero-order valence-electron chi connectivity index (χ0n) is 9.79. The lowest BCUT2D eigenvalue weighted by molar-refractivity contribution is 0.808. The van der Waals surface area contributed by atoms with Crippen molar-refractivity contribution in [3.63, 3.8) is 0 Å². The molecule has 5 heteroatoms. The summed E-state index contributed by atoms with van der Waals surface area (Å²) in [7, 11) is 0. The summed E-state index contributed by atoms with van der Waals surface area (Å²) < 4.78 is 0. The largest absolute Gasteiger partial charge is 0.383 e. The molecule has 0 aliphatic heterocycles. The Kier molecular flexibility index (Phi) is 3.58. The monoisotopic (exact) mass is 246 g/mol. The molecule has 4 nitrogen and oxygen atoms in total. The number of rotatable bonds is 3. The van der Waals surface area contributed by atoms with Crippen LogP contribution in [0.2, 0.25) is 0 Å². The predicted molar refractivity (Wildman–Crippen MR) is 68.9 cm³/mol. The topological polar surface area (TPSA) is 64.7 Å². The molecular formula is C12H14N4S. The second-order valence-electron chi connectivity index (χ2n) is 3.92. The van der Waals surface area contributed by atoms with Gasteiger partial charge < -0.3 is 5.73 Å². The van der Waals surface area contributed by atoms with Crippen molar-refractivity contribution in [1.82, 2.24) is 15.0 Å². The van der Waals surface area contributed by atoms with Crippen LogP contribution in [0.25, 0.3) is 0 Å². The van der Waals surface area contributed by atoms with Crippen molar-refractivity contribution >= 4 is 17.6 Å².